The van der Waals surface area contributed by atoms with Gasteiger partial charge in [0.15, 0.2) is 0 Å². The molecule has 0 saturated heterocycles. The first kappa shape index (κ1) is 29.7. The number of anilines is 3. The number of phenols is 1. The molecule has 0 fully saturated rings. The highest BCUT2D eigenvalue weighted by Gasteiger charge is 2.37. The van der Waals surface area contributed by atoms with Crippen LogP contribution in [0.25, 0.3) is 33.3 Å². The van der Waals surface area contributed by atoms with Crippen molar-refractivity contribution in [1.82, 2.24) is 9.97 Å². The molecule has 0 saturated carbocycles. The molecule has 0 amide bonds. The second kappa shape index (κ2) is 10.6. The van der Waals surface area contributed by atoms with Crippen molar-refractivity contribution in [2.75, 3.05) is 4.90 Å². The van der Waals surface area contributed by atoms with Gasteiger partial charge in [0.2, 0.25) is 0 Å². The highest BCUT2D eigenvalue weighted by molar-refractivity contribution is 5.92. The normalized spacial score (nSPS) is 13.9. The van der Waals surface area contributed by atoms with E-state index in [0.29, 0.717) is 5.52 Å². The van der Waals surface area contributed by atoms with E-state index in [0.717, 1.165) is 39.4 Å². The molecular formula is C42H41N3O. The van der Waals surface area contributed by atoms with Crippen molar-refractivity contribution in [2.24, 2.45) is 0 Å². The quantitative estimate of drug-likeness (QED) is 0.219. The molecule has 3 heterocycles. The average molecular weight is 604 g/mol. The molecule has 1 aliphatic heterocycles. The molecule has 2 aromatic heterocycles. The van der Waals surface area contributed by atoms with Crippen molar-refractivity contribution in [2.45, 2.75) is 66.2 Å². The van der Waals surface area contributed by atoms with Crippen LogP contribution in [0, 0.1) is 20.8 Å². The van der Waals surface area contributed by atoms with E-state index in [1.807, 2.05) is 12.3 Å². The molecule has 0 unspecified atom stereocenters. The van der Waals surface area contributed by atoms with Gasteiger partial charge in [-0.05, 0) is 102 Å². The summed E-state index contributed by atoms with van der Waals surface area (Å²) in [4.78, 5) is 12.3. The predicted octanol–water partition coefficient (Wildman–Crippen LogP) is 11.0. The van der Waals surface area contributed by atoms with Crippen LogP contribution in [0.4, 0.5) is 17.2 Å². The zero-order valence-corrected chi connectivity index (χ0v) is 28.0. The molecule has 4 nitrogen and oxygen atoms in total. The standard InChI is InChI=1S/C42H41N3O/c1-25-21-26(2)39(27(3)22-25)29-19-20-43-38(24-29)45-35-12-10-9-11-32(35)42(7,8)33-15-13-28(23-36(33)45)34-17-14-30-31(41(4,5)6)16-18-37(46)40(30)44-34/h9-24,46H,1-8H3. The number of fused-ring (bicyclic) bond motifs is 3. The summed E-state index contributed by atoms with van der Waals surface area (Å²) in [5.74, 6) is 1.07. The van der Waals surface area contributed by atoms with Crippen LogP contribution in [0.5, 0.6) is 5.75 Å². The van der Waals surface area contributed by atoms with Gasteiger partial charge in [0, 0.05) is 22.6 Å². The van der Waals surface area contributed by atoms with Crippen LogP contribution in [-0.4, -0.2) is 15.1 Å². The number of benzene rings is 4. The molecule has 4 heteroatoms. The second-order valence-corrected chi connectivity index (χ2v) is 14.4. The monoisotopic (exact) mass is 603 g/mol. The number of aromatic hydroxyl groups is 1. The SMILES string of the molecule is Cc1cc(C)c(-c2ccnc(N3c4ccccc4C(C)(C)c4ccc(-c5ccc6c(C(C)(C)C)ccc(O)c6n5)cc43)c2)c(C)c1. The van der Waals surface area contributed by atoms with Gasteiger partial charge in [0.25, 0.3) is 0 Å². The van der Waals surface area contributed by atoms with Crippen molar-refractivity contribution in [3.05, 3.63) is 131 Å². The van der Waals surface area contributed by atoms with E-state index in [1.165, 1.54) is 38.9 Å². The Balaban J connectivity index is 1.43. The summed E-state index contributed by atoms with van der Waals surface area (Å²) in [5.41, 5.74) is 14.2. The molecule has 1 aliphatic rings. The fourth-order valence-corrected chi connectivity index (χ4v) is 7.47. The third-order valence-corrected chi connectivity index (χ3v) is 9.61. The second-order valence-electron chi connectivity index (χ2n) is 14.4. The molecule has 0 radical (unpaired) electrons. The molecule has 1 N–H and O–H groups in total. The lowest BCUT2D eigenvalue weighted by atomic mass is 9.73. The Bertz CT molecular complexity index is 2150. The van der Waals surface area contributed by atoms with Crippen molar-refractivity contribution >= 4 is 28.1 Å². The van der Waals surface area contributed by atoms with Gasteiger partial charge in [-0.15, -0.1) is 0 Å². The van der Waals surface area contributed by atoms with Gasteiger partial charge in [-0.3, -0.25) is 4.90 Å². The van der Waals surface area contributed by atoms with E-state index in [2.05, 4.69) is 139 Å². The lowest BCUT2D eigenvalue weighted by Gasteiger charge is -2.41. The van der Waals surface area contributed by atoms with Gasteiger partial charge in [0.1, 0.15) is 17.1 Å². The Kier molecular flexibility index (Phi) is 6.82. The molecule has 7 rings (SSSR count). The fourth-order valence-electron chi connectivity index (χ4n) is 7.47. The summed E-state index contributed by atoms with van der Waals surface area (Å²) in [6.07, 6.45) is 1.93. The molecule has 0 spiro atoms. The number of pyridine rings is 2. The maximum atomic E-state index is 10.9. The topological polar surface area (TPSA) is 49.2 Å². The number of hydrogen-bond donors (Lipinski definition) is 1. The Morgan fingerprint density at radius 3 is 2.17 bits per heavy atom. The smallest absolute Gasteiger partial charge is 0.141 e. The largest absolute Gasteiger partial charge is 0.506 e. The number of rotatable bonds is 3. The average Bonchev–Trinajstić information content (AvgIpc) is 3.00. The van der Waals surface area contributed by atoms with E-state index in [9.17, 15) is 5.11 Å². The third kappa shape index (κ3) is 4.75. The van der Waals surface area contributed by atoms with Crippen LogP contribution in [0.1, 0.15) is 68.0 Å². The first-order valence-corrected chi connectivity index (χ1v) is 16.1. The number of hydrogen-bond acceptors (Lipinski definition) is 4. The summed E-state index contributed by atoms with van der Waals surface area (Å²) in [6, 6.07) is 32.1. The number of aromatic nitrogens is 2. The van der Waals surface area contributed by atoms with Gasteiger partial charge in [-0.2, -0.15) is 0 Å². The molecule has 6 aromatic rings. The van der Waals surface area contributed by atoms with Crippen molar-refractivity contribution < 1.29 is 5.11 Å². The van der Waals surface area contributed by atoms with E-state index < -0.39 is 0 Å². The van der Waals surface area contributed by atoms with Gasteiger partial charge in [-0.1, -0.05) is 94.8 Å². The summed E-state index contributed by atoms with van der Waals surface area (Å²) < 4.78 is 0. The molecule has 46 heavy (non-hydrogen) atoms. The predicted molar refractivity (Wildman–Crippen MR) is 192 cm³/mol. The van der Waals surface area contributed by atoms with Crippen LogP contribution in [-0.2, 0) is 10.8 Å². The summed E-state index contributed by atoms with van der Waals surface area (Å²) >= 11 is 0. The molecule has 0 bridgehead atoms. The van der Waals surface area contributed by atoms with E-state index in [4.69, 9.17) is 9.97 Å². The minimum Gasteiger partial charge on any atom is -0.506 e. The van der Waals surface area contributed by atoms with Gasteiger partial charge >= 0.3 is 0 Å². The van der Waals surface area contributed by atoms with Crippen molar-refractivity contribution in [1.29, 1.82) is 0 Å². The summed E-state index contributed by atoms with van der Waals surface area (Å²) in [6.45, 7) is 17.7. The van der Waals surface area contributed by atoms with E-state index >= 15 is 0 Å². The fraction of sp³-hybridized carbons (Fsp3) is 0.238. The van der Waals surface area contributed by atoms with Crippen molar-refractivity contribution in [3.63, 3.8) is 0 Å². The van der Waals surface area contributed by atoms with Crippen LogP contribution in [0.15, 0.2) is 97.2 Å². The van der Waals surface area contributed by atoms with Gasteiger partial charge in [0.05, 0.1) is 17.1 Å². The highest BCUT2D eigenvalue weighted by Crippen LogP contribution is 2.52. The van der Waals surface area contributed by atoms with Gasteiger partial charge < -0.3 is 5.11 Å². The first-order valence-electron chi connectivity index (χ1n) is 16.1. The number of aryl methyl sites for hydroxylation is 3. The maximum Gasteiger partial charge on any atom is 0.141 e. The third-order valence-electron chi connectivity index (χ3n) is 9.61. The first-order chi connectivity index (χ1) is 21.8. The van der Waals surface area contributed by atoms with Crippen molar-refractivity contribution in [3.8, 4) is 28.1 Å². The summed E-state index contributed by atoms with van der Waals surface area (Å²) in [5, 5.41) is 11.9. The van der Waals surface area contributed by atoms with Crippen LogP contribution < -0.4 is 4.90 Å². The minimum absolute atomic E-state index is 0.0718. The number of phenolic OH excluding ortho intramolecular Hbond substituents is 1. The lowest BCUT2D eigenvalue weighted by molar-refractivity contribution is 0.479. The Morgan fingerprint density at radius 2 is 1.43 bits per heavy atom. The number of nitrogens with zero attached hydrogens (tertiary/aromatic N) is 3. The Morgan fingerprint density at radius 1 is 0.717 bits per heavy atom. The van der Waals surface area contributed by atoms with Gasteiger partial charge in [-0.25, -0.2) is 9.97 Å². The highest BCUT2D eigenvalue weighted by atomic mass is 16.3. The lowest BCUT2D eigenvalue weighted by Crippen LogP contribution is -2.31. The Labute approximate surface area is 272 Å². The minimum atomic E-state index is -0.223. The molecule has 230 valence electrons. The molecule has 0 atom stereocenters. The molecule has 4 aromatic carbocycles. The maximum absolute atomic E-state index is 10.9. The van der Waals surface area contributed by atoms with E-state index in [1.54, 1.807) is 6.07 Å². The Hall–Kier alpha value is -4.96. The molecular weight excluding hydrogens is 562 g/mol. The zero-order chi connectivity index (χ0) is 32.5. The van der Waals surface area contributed by atoms with Crippen LogP contribution in [0.3, 0.4) is 0 Å². The summed E-state index contributed by atoms with van der Waals surface area (Å²) in [7, 11) is 0. The van der Waals surface area contributed by atoms with E-state index in [-0.39, 0.29) is 16.6 Å². The van der Waals surface area contributed by atoms with Crippen LogP contribution in [0.2, 0.25) is 0 Å². The zero-order valence-electron chi connectivity index (χ0n) is 28.0. The van der Waals surface area contributed by atoms with Crippen LogP contribution >= 0.6 is 0 Å². The number of para-hydroxylation sites is 1. The molecule has 0 aliphatic carbocycles.